The molecule has 53 heavy (non-hydrogen) atoms. The summed E-state index contributed by atoms with van der Waals surface area (Å²) in [5.41, 5.74) is 7.72. The van der Waals surface area contributed by atoms with Crippen LogP contribution in [0.15, 0.2) is 59.5 Å². The molecule has 3 fully saturated rings. The van der Waals surface area contributed by atoms with E-state index in [9.17, 15) is 20.2 Å². The van der Waals surface area contributed by atoms with Gasteiger partial charge in [0.15, 0.2) is 12.4 Å². The Labute approximate surface area is 322 Å². The second kappa shape index (κ2) is 22.2. The molecule has 0 saturated carbocycles. The van der Waals surface area contributed by atoms with Crippen LogP contribution in [-0.2, 0) is 0 Å². The van der Waals surface area contributed by atoms with Gasteiger partial charge in [-0.15, -0.1) is 0 Å². The van der Waals surface area contributed by atoms with Crippen molar-refractivity contribution in [2.45, 2.75) is 59.7 Å². The summed E-state index contributed by atoms with van der Waals surface area (Å²) in [5, 5.41) is 23.9. The van der Waals surface area contributed by atoms with Gasteiger partial charge in [-0.25, -0.2) is 4.98 Å². The average molecular weight is 802 g/mol. The van der Waals surface area contributed by atoms with Crippen LogP contribution in [0.4, 0.5) is 28.8 Å². The molecule has 3 saturated heterocycles. The van der Waals surface area contributed by atoms with Crippen LogP contribution in [0.1, 0.15) is 41.5 Å². The van der Waals surface area contributed by atoms with Gasteiger partial charge in [-0.2, -0.15) is 0 Å². The van der Waals surface area contributed by atoms with Crippen molar-refractivity contribution in [2.24, 2.45) is 0 Å². The van der Waals surface area contributed by atoms with Crippen molar-refractivity contribution in [2.75, 3.05) is 94.1 Å². The molecular weight excluding hydrogens is 744 g/mol. The summed E-state index contributed by atoms with van der Waals surface area (Å²) in [6.07, 6.45) is 4.83. The monoisotopic (exact) mass is 800 g/mol. The number of rotatable bonds is 7. The molecule has 3 aliphatic rings. The number of hydrogen-bond acceptors (Lipinski definition) is 14. The summed E-state index contributed by atoms with van der Waals surface area (Å²) in [4.78, 5) is 43.1. The smallest absolute Gasteiger partial charge is 0.363 e. The quantitative estimate of drug-likeness (QED) is 0.247. The van der Waals surface area contributed by atoms with Gasteiger partial charge in [-0.1, -0.05) is 0 Å². The van der Waals surface area contributed by atoms with Crippen LogP contribution in [0.25, 0.3) is 0 Å². The lowest BCUT2D eigenvalue weighted by Gasteiger charge is -2.37. The molecule has 3 aromatic rings. The van der Waals surface area contributed by atoms with E-state index in [1.54, 1.807) is 18.3 Å². The second-order valence-electron chi connectivity index (χ2n) is 13.8. The number of halogens is 1. The molecule has 0 aliphatic carbocycles. The lowest BCUT2D eigenvalue weighted by Crippen LogP contribution is -2.48. The van der Waals surface area contributed by atoms with Gasteiger partial charge < -0.3 is 41.1 Å². The van der Waals surface area contributed by atoms with Crippen LogP contribution >= 0.6 is 15.9 Å². The minimum absolute atomic E-state index is 0.0976. The summed E-state index contributed by atoms with van der Waals surface area (Å²) < 4.78 is 0.734. The second-order valence-corrected chi connectivity index (χ2v) is 14.7. The zero-order valence-corrected chi connectivity index (χ0v) is 33.6. The first kappa shape index (κ1) is 43.4. The van der Waals surface area contributed by atoms with Crippen molar-refractivity contribution in [3.63, 3.8) is 0 Å². The van der Waals surface area contributed by atoms with E-state index in [0.29, 0.717) is 17.9 Å². The van der Waals surface area contributed by atoms with Crippen LogP contribution in [-0.4, -0.2) is 136 Å². The standard InChI is InChI=1S/C12H18N4O2.C12H20N4.C7H16N2.C5H3BrN2O2/c1-10(2)14-5-7-15(8-6-14)11-3-4-12(13-9-11)16(17)18;1-10(2)15-5-7-16(8-6-15)11-3-4-12(13)14-9-11;1-7(2)9-5-3-8-4-6-9;6-4-1-2-5(7-3-4)8(9)10/h3-4,9-10H,5-8H2,1-2H3;3-4,9-10H,5-8H2,1-2H3,(H2,13,14);7-8H,3-6H2,1-2H3;1-3H. The van der Waals surface area contributed by atoms with E-state index >= 15 is 0 Å². The fourth-order valence-electron chi connectivity index (χ4n) is 5.93. The maximum Gasteiger partial charge on any atom is 0.363 e. The van der Waals surface area contributed by atoms with Crippen LogP contribution in [0, 0.1) is 20.2 Å². The van der Waals surface area contributed by atoms with Crippen molar-refractivity contribution in [3.05, 3.63) is 79.7 Å². The number of aromatic nitrogens is 3. The number of piperazine rings is 3. The first-order chi connectivity index (χ1) is 25.2. The van der Waals surface area contributed by atoms with Gasteiger partial charge in [0.25, 0.3) is 0 Å². The maximum absolute atomic E-state index is 10.5. The van der Waals surface area contributed by atoms with E-state index in [-0.39, 0.29) is 11.6 Å². The van der Waals surface area contributed by atoms with Crippen molar-refractivity contribution in [1.29, 1.82) is 0 Å². The van der Waals surface area contributed by atoms with Crippen LogP contribution in [0.5, 0.6) is 0 Å². The highest BCUT2D eigenvalue weighted by Crippen LogP contribution is 2.19. The highest BCUT2D eigenvalue weighted by atomic mass is 79.9. The largest absolute Gasteiger partial charge is 0.384 e. The minimum atomic E-state index is -0.535. The van der Waals surface area contributed by atoms with Crippen LogP contribution in [0.3, 0.4) is 0 Å². The van der Waals surface area contributed by atoms with Crippen molar-refractivity contribution < 1.29 is 9.85 Å². The molecular formula is C36H57BrN12O4. The van der Waals surface area contributed by atoms with Crippen molar-refractivity contribution >= 4 is 44.8 Å². The zero-order valence-electron chi connectivity index (χ0n) is 32.0. The summed E-state index contributed by atoms with van der Waals surface area (Å²) in [6.45, 7) is 26.5. The van der Waals surface area contributed by atoms with Crippen LogP contribution in [0.2, 0.25) is 0 Å². The van der Waals surface area contributed by atoms with E-state index in [1.807, 2.05) is 18.3 Å². The molecule has 3 aliphatic heterocycles. The van der Waals surface area contributed by atoms with Gasteiger partial charge in [0.1, 0.15) is 5.82 Å². The predicted octanol–water partition coefficient (Wildman–Crippen LogP) is 4.77. The molecule has 0 atom stereocenters. The van der Waals surface area contributed by atoms with Gasteiger partial charge in [0, 0.05) is 109 Å². The van der Waals surface area contributed by atoms with Gasteiger partial charge in [0.05, 0.1) is 22.0 Å². The van der Waals surface area contributed by atoms with E-state index in [0.717, 1.165) is 81.6 Å². The first-order valence-electron chi connectivity index (χ1n) is 18.3. The molecule has 0 radical (unpaired) electrons. The Kier molecular flexibility index (Phi) is 18.2. The first-order valence-corrected chi connectivity index (χ1v) is 19.0. The predicted molar refractivity (Wildman–Crippen MR) is 216 cm³/mol. The van der Waals surface area contributed by atoms with E-state index in [1.165, 1.54) is 37.1 Å². The third-order valence-corrected chi connectivity index (χ3v) is 9.76. The molecule has 0 unspecified atom stereocenters. The van der Waals surface area contributed by atoms with Crippen molar-refractivity contribution in [1.82, 2.24) is 35.0 Å². The molecule has 0 spiro atoms. The lowest BCUT2D eigenvalue weighted by atomic mass is 10.2. The number of nitrogens with two attached hydrogens (primary N) is 1. The molecule has 0 bridgehead atoms. The highest BCUT2D eigenvalue weighted by Gasteiger charge is 2.21. The van der Waals surface area contributed by atoms with E-state index in [2.05, 4.69) is 102 Å². The minimum Gasteiger partial charge on any atom is -0.384 e. The van der Waals surface area contributed by atoms with Gasteiger partial charge in [-0.05, 0) is 102 Å². The Morgan fingerprint density at radius 3 is 1.32 bits per heavy atom. The SMILES string of the molecule is CC(C)N1CCN(c2ccc(N)nc2)CC1.CC(C)N1CCN(c2ccc([N+](=O)[O-])nc2)CC1.CC(C)N1CCNCC1.O=[N+]([O-])c1ccc(Br)cn1. The molecule has 6 heterocycles. The van der Waals surface area contributed by atoms with E-state index < -0.39 is 9.85 Å². The summed E-state index contributed by atoms with van der Waals surface area (Å²) in [7, 11) is 0. The fourth-order valence-corrected chi connectivity index (χ4v) is 6.16. The molecule has 17 heteroatoms. The van der Waals surface area contributed by atoms with E-state index in [4.69, 9.17) is 5.73 Å². The Morgan fingerprint density at radius 2 is 1.00 bits per heavy atom. The molecule has 16 nitrogen and oxygen atoms in total. The average Bonchev–Trinajstić information content (AvgIpc) is 3.16. The number of nitrogens with zero attached hydrogens (tertiary/aromatic N) is 10. The van der Waals surface area contributed by atoms with Crippen molar-refractivity contribution in [3.8, 4) is 0 Å². The maximum atomic E-state index is 10.5. The molecule has 3 N–H and O–H groups in total. The molecule has 6 rings (SSSR count). The van der Waals surface area contributed by atoms with Gasteiger partial charge in [0.2, 0.25) is 0 Å². The Morgan fingerprint density at radius 1 is 0.604 bits per heavy atom. The number of pyridine rings is 3. The summed E-state index contributed by atoms with van der Waals surface area (Å²) >= 11 is 3.11. The topological polar surface area (TPSA) is 179 Å². The van der Waals surface area contributed by atoms with Gasteiger partial charge >= 0.3 is 11.6 Å². The summed E-state index contributed by atoms with van der Waals surface area (Å²) in [6, 6.07) is 12.0. The Balaban J connectivity index is 0.000000198. The number of nitrogen functional groups attached to an aromatic ring is 1. The number of anilines is 3. The third kappa shape index (κ3) is 15.1. The highest BCUT2D eigenvalue weighted by molar-refractivity contribution is 9.10. The fraction of sp³-hybridized carbons (Fsp3) is 0.583. The Hall–Kier alpha value is -4.03. The Bertz CT molecular complexity index is 1490. The number of nitrogens with one attached hydrogen (secondary N) is 1. The molecule has 0 aromatic carbocycles. The van der Waals surface area contributed by atoms with Crippen LogP contribution < -0.4 is 20.9 Å². The van der Waals surface area contributed by atoms with Gasteiger partial charge in [-0.3, -0.25) is 14.7 Å². The molecule has 3 aromatic heterocycles. The number of nitro groups is 2. The zero-order chi connectivity index (χ0) is 38.9. The normalized spacial score (nSPS) is 16.9. The molecule has 0 amide bonds. The number of hydrogen-bond donors (Lipinski definition) is 2. The summed E-state index contributed by atoms with van der Waals surface area (Å²) in [5.74, 6) is 0.354. The molecule has 292 valence electrons. The lowest BCUT2D eigenvalue weighted by molar-refractivity contribution is -0.389. The third-order valence-electron chi connectivity index (χ3n) is 9.29.